The van der Waals surface area contributed by atoms with Gasteiger partial charge in [-0.2, -0.15) is 0 Å². The number of fused-ring (bicyclic) bond motifs is 8. The largest absolute Gasteiger partial charge is 0.490 e. The highest BCUT2D eigenvalue weighted by Gasteiger charge is 2.18. The average molecular weight is 1310 g/mol. The third-order valence-corrected chi connectivity index (χ3v) is 19.9. The van der Waals surface area contributed by atoms with Gasteiger partial charge in [0.2, 0.25) is 0 Å². The second-order valence-corrected chi connectivity index (χ2v) is 28.5. The van der Waals surface area contributed by atoms with Crippen molar-refractivity contribution in [2.45, 2.75) is 336 Å². The summed E-state index contributed by atoms with van der Waals surface area (Å²) >= 11 is 0. The Kier molecular flexibility index (Phi) is 40.2. The minimum Gasteiger partial charge on any atom is -0.490 e. The van der Waals surface area contributed by atoms with Crippen LogP contribution >= 0.6 is 0 Å². The monoisotopic (exact) mass is 1310 g/mol. The molecule has 5 aromatic rings. The maximum absolute atomic E-state index is 6.77. The smallest absolute Gasteiger partial charge is 0.161 e. The molecule has 2 N–H and O–H groups in total. The number of hydrogen-bond acceptors (Lipinski definition) is 6. The summed E-state index contributed by atoms with van der Waals surface area (Å²) < 4.78 is 26.8. The number of unbranched alkanes of at least 4 members (excludes halogenated alkanes) is 44. The maximum Gasteiger partial charge on any atom is 0.161 e. The predicted molar refractivity (Wildman–Crippen MR) is 416 cm³/mol. The van der Waals surface area contributed by atoms with Gasteiger partial charge in [0.1, 0.15) is 0 Å². The Morgan fingerprint density at radius 2 is 0.500 bits per heavy atom. The van der Waals surface area contributed by atoms with Gasteiger partial charge < -0.3 is 28.9 Å². The van der Waals surface area contributed by atoms with E-state index in [0.717, 1.165) is 116 Å². The van der Waals surface area contributed by atoms with Gasteiger partial charge in [0.25, 0.3) is 0 Å². The highest BCUT2D eigenvalue weighted by molar-refractivity contribution is 5.93. The first-order valence-corrected chi connectivity index (χ1v) is 40.5. The van der Waals surface area contributed by atoms with Crippen molar-refractivity contribution >= 4 is 46.4 Å². The van der Waals surface area contributed by atoms with Gasteiger partial charge in [0.05, 0.1) is 49.2 Å². The van der Waals surface area contributed by atoms with Crippen molar-refractivity contribution in [3.05, 3.63) is 95.6 Å². The lowest BCUT2D eigenvalue weighted by Crippen LogP contribution is -2.03. The highest BCUT2D eigenvalue weighted by Crippen LogP contribution is 2.40. The fourth-order valence-electron chi connectivity index (χ4n) is 14.0. The number of nitrogens with one attached hydrogen (secondary N) is 2. The van der Waals surface area contributed by atoms with Crippen molar-refractivity contribution < 1.29 is 18.9 Å². The lowest BCUT2D eigenvalue weighted by atomic mass is 10.0. The van der Waals surface area contributed by atoms with E-state index in [4.69, 9.17) is 28.9 Å². The number of benzene rings is 2. The van der Waals surface area contributed by atoms with Crippen LogP contribution in [0.15, 0.2) is 72.8 Å². The van der Waals surface area contributed by atoms with Crippen molar-refractivity contribution in [1.82, 2.24) is 19.9 Å². The van der Waals surface area contributed by atoms with E-state index in [0.29, 0.717) is 26.4 Å². The minimum atomic E-state index is 0.667. The van der Waals surface area contributed by atoms with Crippen LogP contribution in [0.5, 0.6) is 23.0 Å². The van der Waals surface area contributed by atoms with E-state index in [-0.39, 0.29) is 0 Å². The molecule has 3 aromatic heterocycles. The quantitative estimate of drug-likeness (QED) is 0.0369. The fraction of sp³-hybridized carbons (Fsp3) is 0.636. The summed E-state index contributed by atoms with van der Waals surface area (Å²) in [6.07, 6.45) is 71.8. The summed E-state index contributed by atoms with van der Waals surface area (Å²) in [7, 11) is 0. The number of rotatable bonds is 58. The number of hydrogen-bond donors (Lipinski definition) is 2. The molecule has 5 heterocycles. The first-order chi connectivity index (χ1) is 47.6. The van der Waals surface area contributed by atoms with Crippen molar-refractivity contribution in [1.29, 1.82) is 0 Å². The van der Waals surface area contributed by atoms with E-state index in [1.165, 1.54) is 283 Å². The van der Waals surface area contributed by atoms with Gasteiger partial charge in [-0.05, 0) is 122 Å². The Morgan fingerprint density at radius 3 is 0.771 bits per heavy atom. The fourth-order valence-corrected chi connectivity index (χ4v) is 14.0. The van der Waals surface area contributed by atoms with Gasteiger partial charge in [0, 0.05) is 33.2 Å². The van der Waals surface area contributed by atoms with Crippen LogP contribution < -0.4 is 18.9 Å². The summed E-state index contributed by atoms with van der Waals surface area (Å²) in [5, 5.41) is 0. The molecule has 0 unspecified atom stereocenters. The first kappa shape index (κ1) is 77.6. The molecule has 0 saturated carbocycles. The number of aromatic nitrogens is 4. The summed E-state index contributed by atoms with van der Waals surface area (Å²) in [4.78, 5) is 18.3. The normalized spacial score (nSPS) is 12.0. The standard InChI is InChI=1S/C88H134N4O4/c1-5-9-13-17-21-25-29-33-37-41-45-49-65-93-83-63-53-73(69-85(83)95-67-51-47-43-39-35-31-27-23-19-15-11-7-3)87-79-59-55-75(89-79)71-77-57-61-81(91-77)88(82-62-58-78(92-82)72-76-56-60-80(87)90-76)74-54-64-84(94-66-50-46-42-38-34-30-26-22-18-14-10-6-2)86(70-74)96-68-52-48-44-40-36-32-28-24-20-16-12-8-4/h53-64,69-72,89,92H,5-52,65-68H2,1-4H3. The Balaban J connectivity index is 1.08. The van der Waals surface area contributed by atoms with Gasteiger partial charge in [-0.3, -0.25) is 0 Å². The minimum absolute atomic E-state index is 0.667. The van der Waals surface area contributed by atoms with Crippen molar-refractivity contribution in [3.63, 3.8) is 0 Å². The van der Waals surface area contributed by atoms with Crippen LogP contribution in [0.4, 0.5) is 0 Å². The van der Waals surface area contributed by atoms with E-state index in [1.807, 2.05) is 0 Å². The number of ether oxygens (including phenoxy) is 4. The topological polar surface area (TPSA) is 94.3 Å². The summed E-state index contributed by atoms with van der Waals surface area (Å²) in [6.45, 7) is 11.9. The molecular formula is C88H134N4O4. The van der Waals surface area contributed by atoms with Crippen LogP contribution in [0.3, 0.4) is 0 Å². The number of H-pyrrole nitrogens is 2. The Hall–Kier alpha value is -5.76. The summed E-state index contributed by atoms with van der Waals surface area (Å²) in [6, 6.07) is 26.0. The van der Waals surface area contributed by atoms with E-state index in [9.17, 15) is 0 Å². The summed E-state index contributed by atoms with van der Waals surface area (Å²) in [5.74, 6) is 3.26. The van der Waals surface area contributed by atoms with Gasteiger partial charge in [-0.1, -0.05) is 322 Å². The first-order valence-electron chi connectivity index (χ1n) is 40.5. The second kappa shape index (κ2) is 49.7. The van der Waals surface area contributed by atoms with Gasteiger partial charge in [-0.25, -0.2) is 9.97 Å². The molecule has 2 aliphatic heterocycles. The SMILES string of the molecule is CCCCCCCCCCCCCCOc1ccc(-c2c3nc(cc4ccc([nH]4)c(-c4ccc(OCCCCCCCCCCCCCC)c(OCCCCCCCCCCCCCC)c4)c4nc(cc5ccc2[nH]5)C=C4)C=C3)cc1OCCCCCCCCCCCCCC. The lowest BCUT2D eigenvalue weighted by molar-refractivity contribution is 0.258. The molecule has 0 radical (unpaired) electrons. The Bertz CT molecular complexity index is 2870. The van der Waals surface area contributed by atoms with E-state index in [1.54, 1.807) is 0 Å². The third-order valence-electron chi connectivity index (χ3n) is 19.9. The van der Waals surface area contributed by atoms with Crippen molar-refractivity contribution in [2.75, 3.05) is 26.4 Å². The molecule has 8 nitrogen and oxygen atoms in total. The van der Waals surface area contributed by atoms with Crippen molar-refractivity contribution in [2.24, 2.45) is 0 Å². The van der Waals surface area contributed by atoms with Gasteiger partial charge in [0.15, 0.2) is 23.0 Å². The number of nitrogens with zero attached hydrogens (tertiary/aromatic N) is 2. The van der Waals surface area contributed by atoms with Crippen LogP contribution in [0.1, 0.15) is 359 Å². The average Bonchev–Trinajstić information content (AvgIpc) is 1.57. The molecule has 530 valence electrons. The van der Waals surface area contributed by atoms with Gasteiger partial charge >= 0.3 is 0 Å². The maximum atomic E-state index is 6.77. The Labute approximate surface area is 585 Å². The van der Waals surface area contributed by atoms with E-state index < -0.39 is 0 Å². The zero-order chi connectivity index (χ0) is 67.0. The molecule has 0 atom stereocenters. The molecule has 2 aliphatic rings. The zero-order valence-electron chi connectivity index (χ0n) is 61.5. The third kappa shape index (κ3) is 30.6. The summed E-state index contributed by atoms with van der Waals surface area (Å²) in [5.41, 5.74) is 11.5. The predicted octanol–water partition coefficient (Wildman–Crippen LogP) is 28.3. The molecule has 0 amide bonds. The van der Waals surface area contributed by atoms with Crippen LogP contribution in [0.25, 0.3) is 68.6 Å². The van der Waals surface area contributed by atoms with Crippen LogP contribution in [0, 0.1) is 0 Å². The number of aromatic amines is 2. The molecule has 8 bridgehead atoms. The molecule has 0 fully saturated rings. The van der Waals surface area contributed by atoms with Crippen LogP contribution in [-0.4, -0.2) is 46.4 Å². The zero-order valence-corrected chi connectivity index (χ0v) is 61.5. The van der Waals surface area contributed by atoms with E-state index in [2.05, 4.69) is 135 Å². The van der Waals surface area contributed by atoms with Crippen LogP contribution in [-0.2, 0) is 0 Å². The molecular weight excluding hydrogens is 1180 g/mol. The molecule has 8 heteroatoms. The molecule has 0 spiro atoms. The molecule has 0 saturated heterocycles. The lowest BCUT2D eigenvalue weighted by Gasteiger charge is -2.15. The molecule has 96 heavy (non-hydrogen) atoms. The molecule has 0 aliphatic carbocycles. The molecule has 2 aromatic carbocycles. The molecule has 7 rings (SSSR count). The highest BCUT2D eigenvalue weighted by atomic mass is 16.5. The van der Waals surface area contributed by atoms with Crippen molar-refractivity contribution in [3.8, 4) is 45.3 Å². The second-order valence-electron chi connectivity index (χ2n) is 28.5. The van der Waals surface area contributed by atoms with Crippen LogP contribution in [0.2, 0.25) is 0 Å². The van der Waals surface area contributed by atoms with E-state index >= 15 is 0 Å². The van der Waals surface area contributed by atoms with Gasteiger partial charge in [-0.15, -0.1) is 0 Å². The Morgan fingerprint density at radius 1 is 0.250 bits per heavy atom.